The van der Waals surface area contributed by atoms with Gasteiger partial charge >= 0.3 is 5.97 Å². The van der Waals surface area contributed by atoms with Gasteiger partial charge in [0.2, 0.25) is 0 Å². The molecular formula is C25H24O4. The van der Waals surface area contributed by atoms with Gasteiger partial charge in [0.05, 0.1) is 19.3 Å². The molecule has 0 radical (unpaired) electrons. The van der Waals surface area contributed by atoms with Gasteiger partial charge in [-0.05, 0) is 55.2 Å². The predicted molar refractivity (Wildman–Crippen MR) is 114 cm³/mol. The fourth-order valence-corrected chi connectivity index (χ4v) is 3.57. The van der Waals surface area contributed by atoms with Crippen LogP contribution >= 0.6 is 0 Å². The highest BCUT2D eigenvalue weighted by atomic mass is 16.5. The van der Waals surface area contributed by atoms with E-state index in [4.69, 9.17) is 13.9 Å². The Morgan fingerprint density at radius 1 is 1.14 bits per heavy atom. The van der Waals surface area contributed by atoms with Crippen LogP contribution in [0, 0.1) is 0 Å². The third-order valence-corrected chi connectivity index (χ3v) is 4.92. The van der Waals surface area contributed by atoms with Crippen LogP contribution in [0.15, 0.2) is 71.4 Å². The molecule has 1 heterocycles. The molecule has 4 heteroatoms. The van der Waals surface area contributed by atoms with Crippen molar-refractivity contribution >= 4 is 22.5 Å². The van der Waals surface area contributed by atoms with Crippen molar-refractivity contribution in [1.29, 1.82) is 0 Å². The summed E-state index contributed by atoms with van der Waals surface area (Å²) in [6.07, 6.45) is 10.6. The minimum Gasteiger partial charge on any atom is -0.489 e. The highest BCUT2D eigenvalue weighted by Gasteiger charge is 2.13. The van der Waals surface area contributed by atoms with Gasteiger partial charge in [-0.1, -0.05) is 36.4 Å². The number of benzene rings is 2. The molecule has 0 unspecified atom stereocenters. The summed E-state index contributed by atoms with van der Waals surface area (Å²) in [5.41, 5.74) is 5.05. The number of carbonyl (C=O) groups excluding carboxylic acids is 1. The van der Waals surface area contributed by atoms with E-state index in [0.29, 0.717) is 19.0 Å². The first-order chi connectivity index (χ1) is 14.2. The van der Waals surface area contributed by atoms with E-state index >= 15 is 0 Å². The van der Waals surface area contributed by atoms with Gasteiger partial charge in [-0.15, -0.1) is 0 Å². The van der Waals surface area contributed by atoms with E-state index < -0.39 is 0 Å². The van der Waals surface area contributed by atoms with Gasteiger partial charge < -0.3 is 13.9 Å². The number of fused-ring (bicyclic) bond motifs is 1. The first kappa shape index (κ1) is 19.1. The molecular weight excluding hydrogens is 364 g/mol. The maximum atomic E-state index is 11.9. The molecule has 2 aromatic carbocycles. The molecule has 1 aliphatic carbocycles. The fourth-order valence-electron chi connectivity index (χ4n) is 3.57. The van der Waals surface area contributed by atoms with Crippen molar-refractivity contribution in [2.24, 2.45) is 0 Å². The molecule has 0 bridgehead atoms. The second-order valence-electron chi connectivity index (χ2n) is 7.00. The molecule has 1 aliphatic rings. The van der Waals surface area contributed by atoms with Crippen molar-refractivity contribution in [3.05, 3.63) is 83.6 Å². The van der Waals surface area contributed by atoms with Crippen LogP contribution < -0.4 is 4.74 Å². The Balaban J connectivity index is 1.57. The molecule has 1 aromatic heterocycles. The van der Waals surface area contributed by atoms with Crippen LogP contribution in [0.5, 0.6) is 5.75 Å². The number of esters is 1. The van der Waals surface area contributed by atoms with E-state index in [0.717, 1.165) is 40.5 Å². The summed E-state index contributed by atoms with van der Waals surface area (Å²) in [5.74, 6) is 0.452. The van der Waals surface area contributed by atoms with Crippen LogP contribution in [0.25, 0.3) is 16.5 Å². The van der Waals surface area contributed by atoms with Crippen molar-refractivity contribution < 1.29 is 18.7 Å². The van der Waals surface area contributed by atoms with E-state index in [1.165, 1.54) is 5.57 Å². The smallest absolute Gasteiger partial charge is 0.310 e. The van der Waals surface area contributed by atoms with E-state index in [2.05, 4.69) is 30.4 Å². The van der Waals surface area contributed by atoms with Crippen LogP contribution in [0.3, 0.4) is 0 Å². The zero-order valence-electron chi connectivity index (χ0n) is 16.5. The summed E-state index contributed by atoms with van der Waals surface area (Å²) < 4.78 is 16.9. The first-order valence-electron chi connectivity index (χ1n) is 9.98. The van der Waals surface area contributed by atoms with Crippen LogP contribution in [0.2, 0.25) is 0 Å². The summed E-state index contributed by atoms with van der Waals surface area (Å²) in [7, 11) is 0. The Hall–Kier alpha value is -3.27. The Bertz CT molecular complexity index is 1070. The number of rotatable bonds is 7. The van der Waals surface area contributed by atoms with Gasteiger partial charge in [-0.3, -0.25) is 4.79 Å². The maximum absolute atomic E-state index is 11.9. The number of allylic oxidation sites excluding steroid dienone is 4. The molecule has 148 valence electrons. The van der Waals surface area contributed by atoms with Gasteiger partial charge in [0.1, 0.15) is 17.9 Å². The maximum Gasteiger partial charge on any atom is 0.310 e. The van der Waals surface area contributed by atoms with Crippen LogP contribution in [-0.2, 0) is 22.6 Å². The molecule has 0 fully saturated rings. The Morgan fingerprint density at radius 2 is 2.03 bits per heavy atom. The Kier molecular flexibility index (Phi) is 5.80. The molecule has 0 amide bonds. The number of ether oxygens (including phenoxy) is 2. The predicted octanol–water partition coefficient (Wildman–Crippen LogP) is 5.85. The average Bonchev–Trinajstić information content (AvgIpc) is 3.22. The van der Waals surface area contributed by atoms with Gasteiger partial charge in [0.15, 0.2) is 0 Å². The number of para-hydroxylation sites is 1. The molecule has 4 rings (SSSR count). The zero-order chi connectivity index (χ0) is 20.1. The second kappa shape index (κ2) is 8.82. The molecule has 0 saturated carbocycles. The number of furan rings is 1. The summed E-state index contributed by atoms with van der Waals surface area (Å²) in [6, 6.07) is 13.8. The quantitative estimate of drug-likeness (QED) is 0.476. The van der Waals surface area contributed by atoms with Crippen molar-refractivity contribution in [2.75, 3.05) is 6.61 Å². The number of hydrogen-bond donors (Lipinski definition) is 0. The molecule has 0 N–H and O–H groups in total. The monoisotopic (exact) mass is 388 g/mol. The SMILES string of the molecule is CCOC(=O)Cc1ccccc1OCc1cc(C2=CCCC=C2)c2occc2c1. The van der Waals surface area contributed by atoms with Crippen molar-refractivity contribution in [2.45, 2.75) is 32.8 Å². The highest BCUT2D eigenvalue weighted by Crippen LogP contribution is 2.31. The minimum atomic E-state index is -0.248. The molecule has 4 nitrogen and oxygen atoms in total. The lowest BCUT2D eigenvalue weighted by Crippen LogP contribution is -2.09. The van der Waals surface area contributed by atoms with Crippen molar-refractivity contribution in [3.8, 4) is 5.75 Å². The van der Waals surface area contributed by atoms with Gasteiger partial charge in [-0.25, -0.2) is 0 Å². The lowest BCUT2D eigenvalue weighted by Gasteiger charge is -2.13. The molecule has 0 saturated heterocycles. The van der Waals surface area contributed by atoms with E-state index in [9.17, 15) is 4.79 Å². The third kappa shape index (κ3) is 4.43. The van der Waals surface area contributed by atoms with Crippen LogP contribution in [0.4, 0.5) is 0 Å². The standard InChI is InChI=1S/C25H24O4/c1-2-27-24(26)16-20-10-6-7-11-23(20)29-17-18-14-21-12-13-28-25(21)22(15-18)19-8-4-3-5-9-19/h4,6-15H,2-3,5,16-17H2,1H3. The fraction of sp³-hybridized carbons (Fsp3) is 0.240. The zero-order valence-corrected chi connectivity index (χ0v) is 16.5. The highest BCUT2D eigenvalue weighted by molar-refractivity contribution is 5.93. The largest absolute Gasteiger partial charge is 0.489 e. The van der Waals surface area contributed by atoms with E-state index in [-0.39, 0.29) is 12.4 Å². The van der Waals surface area contributed by atoms with Crippen LogP contribution in [-0.4, -0.2) is 12.6 Å². The Labute approximate surface area is 170 Å². The molecule has 0 aliphatic heterocycles. The van der Waals surface area contributed by atoms with E-state index in [1.54, 1.807) is 13.2 Å². The summed E-state index contributed by atoms with van der Waals surface area (Å²) >= 11 is 0. The first-order valence-corrected chi connectivity index (χ1v) is 9.98. The number of carbonyl (C=O) groups is 1. The second-order valence-corrected chi connectivity index (χ2v) is 7.00. The topological polar surface area (TPSA) is 48.7 Å². The third-order valence-electron chi connectivity index (χ3n) is 4.92. The van der Waals surface area contributed by atoms with Crippen LogP contribution in [0.1, 0.15) is 36.5 Å². The lowest BCUT2D eigenvalue weighted by molar-refractivity contribution is -0.142. The molecule has 29 heavy (non-hydrogen) atoms. The molecule has 0 atom stereocenters. The average molecular weight is 388 g/mol. The lowest BCUT2D eigenvalue weighted by atomic mass is 9.96. The van der Waals surface area contributed by atoms with Gasteiger partial charge in [0, 0.05) is 16.5 Å². The van der Waals surface area contributed by atoms with Crippen molar-refractivity contribution in [3.63, 3.8) is 0 Å². The van der Waals surface area contributed by atoms with Crippen molar-refractivity contribution in [1.82, 2.24) is 0 Å². The summed E-state index contributed by atoms with van der Waals surface area (Å²) in [4.78, 5) is 11.9. The Morgan fingerprint density at radius 3 is 2.86 bits per heavy atom. The van der Waals surface area contributed by atoms with Gasteiger partial charge in [-0.2, -0.15) is 0 Å². The molecule has 3 aromatic rings. The molecule has 0 spiro atoms. The number of hydrogen-bond acceptors (Lipinski definition) is 4. The summed E-state index contributed by atoms with van der Waals surface area (Å²) in [5, 5.41) is 1.06. The van der Waals surface area contributed by atoms with E-state index in [1.807, 2.05) is 30.3 Å². The summed E-state index contributed by atoms with van der Waals surface area (Å²) in [6.45, 7) is 2.59. The van der Waals surface area contributed by atoms with Gasteiger partial charge in [0.25, 0.3) is 0 Å². The minimum absolute atomic E-state index is 0.202. The normalized spacial score (nSPS) is 13.3.